The van der Waals surface area contributed by atoms with Crippen molar-refractivity contribution < 1.29 is 18.7 Å². The van der Waals surface area contributed by atoms with Crippen molar-refractivity contribution in [3.63, 3.8) is 0 Å². The second-order valence-corrected chi connectivity index (χ2v) is 19.7. The fourth-order valence-corrected chi connectivity index (χ4v) is 12.0. The van der Waals surface area contributed by atoms with Gasteiger partial charge in [0.2, 0.25) is 5.91 Å². The predicted octanol–water partition coefficient (Wildman–Crippen LogP) is 9.16. The highest BCUT2D eigenvalue weighted by Gasteiger charge is 2.51. The van der Waals surface area contributed by atoms with Crippen molar-refractivity contribution >= 4 is 24.6 Å². The topological polar surface area (TPSA) is 48.0 Å². The van der Waals surface area contributed by atoms with Crippen LogP contribution in [0.1, 0.15) is 63.6 Å². The SMILES string of the molecule is C=C(C)CCC[C@@H](OC(c1ccccc1)(c1ccccc1)c1ccccc1)[C@@H](CO[Si](c1ccccc1)(c1ccccc1)C(C)(C)C)OCC(=O)N(C)C. The standard InChI is InChI=1S/C48H57NO4Si/c1-38(2)24-23-35-44(53-48(39-25-13-8-14-26-39,40-27-15-9-16-28-40)41-29-17-10-18-30-41)45(51-37-46(50)49(6)7)36-52-54(47(3,4)5,42-31-19-11-20-32-42)43-33-21-12-22-34-43/h8-22,25-34,44-45H,1,23-24,35-37H2,2-7H3/t44-,45-/m1/s1. The summed E-state index contributed by atoms with van der Waals surface area (Å²) in [4.78, 5) is 14.8. The second kappa shape index (κ2) is 18.6. The number of benzene rings is 5. The smallest absolute Gasteiger partial charge is 0.261 e. The Hall–Kier alpha value is -4.59. The third-order valence-corrected chi connectivity index (χ3v) is 15.2. The Morgan fingerprint density at radius 1 is 0.667 bits per heavy atom. The molecule has 0 aliphatic carbocycles. The van der Waals surface area contributed by atoms with E-state index in [0.29, 0.717) is 6.42 Å². The first-order valence-electron chi connectivity index (χ1n) is 19.0. The van der Waals surface area contributed by atoms with E-state index < -0.39 is 26.1 Å². The zero-order valence-electron chi connectivity index (χ0n) is 32.9. The number of ether oxygens (including phenoxy) is 2. The van der Waals surface area contributed by atoms with E-state index in [2.05, 4.69) is 168 Å². The summed E-state index contributed by atoms with van der Waals surface area (Å²) in [7, 11) is 0.531. The van der Waals surface area contributed by atoms with Crippen LogP contribution in [0, 0.1) is 0 Å². The van der Waals surface area contributed by atoms with E-state index in [0.717, 1.165) is 35.1 Å². The van der Waals surface area contributed by atoms with Crippen molar-refractivity contribution in [1.29, 1.82) is 0 Å². The minimum absolute atomic E-state index is 0.100. The minimum Gasteiger partial charge on any atom is -0.405 e. The third-order valence-electron chi connectivity index (χ3n) is 10.2. The summed E-state index contributed by atoms with van der Waals surface area (Å²) in [5, 5.41) is 2.11. The Balaban J connectivity index is 1.70. The number of hydrogen-bond acceptors (Lipinski definition) is 4. The number of nitrogens with zero attached hydrogens (tertiary/aromatic N) is 1. The van der Waals surface area contributed by atoms with Gasteiger partial charge in [0.1, 0.15) is 18.3 Å². The Labute approximate surface area is 324 Å². The van der Waals surface area contributed by atoms with Gasteiger partial charge in [0.05, 0.1) is 12.7 Å². The quantitative estimate of drug-likeness (QED) is 0.0511. The number of rotatable bonds is 18. The molecule has 1 amide bonds. The lowest BCUT2D eigenvalue weighted by molar-refractivity contribution is -0.153. The molecule has 282 valence electrons. The van der Waals surface area contributed by atoms with Gasteiger partial charge in [0.25, 0.3) is 8.32 Å². The molecule has 5 rings (SSSR count). The van der Waals surface area contributed by atoms with Crippen molar-refractivity contribution in [1.82, 2.24) is 4.90 Å². The van der Waals surface area contributed by atoms with Crippen LogP contribution in [-0.4, -0.2) is 58.6 Å². The summed E-state index contributed by atoms with van der Waals surface area (Å²) in [5.74, 6) is -0.119. The van der Waals surface area contributed by atoms with E-state index in [1.165, 1.54) is 10.4 Å². The Kier molecular flexibility index (Phi) is 14.0. The van der Waals surface area contributed by atoms with E-state index in [-0.39, 0.29) is 24.2 Å². The van der Waals surface area contributed by atoms with Gasteiger partial charge in [-0.3, -0.25) is 4.79 Å². The molecule has 2 atom stereocenters. The van der Waals surface area contributed by atoms with Gasteiger partial charge in [-0.2, -0.15) is 0 Å². The number of carbonyl (C=O) groups is 1. The van der Waals surface area contributed by atoms with Gasteiger partial charge < -0.3 is 18.8 Å². The molecule has 0 aliphatic rings. The number of hydrogen-bond donors (Lipinski definition) is 0. The first-order chi connectivity index (χ1) is 26.0. The summed E-state index contributed by atoms with van der Waals surface area (Å²) >= 11 is 0. The molecule has 0 heterocycles. The molecule has 0 radical (unpaired) electrons. The molecule has 0 fully saturated rings. The van der Waals surface area contributed by atoms with E-state index in [1.54, 1.807) is 19.0 Å². The van der Waals surface area contributed by atoms with Crippen LogP contribution in [0.25, 0.3) is 0 Å². The molecule has 0 spiro atoms. The van der Waals surface area contributed by atoms with Gasteiger partial charge >= 0.3 is 0 Å². The number of carbonyl (C=O) groups excluding carboxylic acids is 1. The van der Waals surface area contributed by atoms with Gasteiger partial charge in [0, 0.05) is 14.1 Å². The summed E-state index contributed by atoms with van der Waals surface area (Å²) < 4.78 is 22.1. The zero-order chi connectivity index (χ0) is 38.6. The molecule has 0 unspecified atom stereocenters. The van der Waals surface area contributed by atoms with Gasteiger partial charge in [-0.25, -0.2) is 0 Å². The van der Waals surface area contributed by atoms with Crippen molar-refractivity contribution in [2.75, 3.05) is 27.3 Å². The highest BCUT2D eigenvalue weighted by molar-refractivity contribution is 6.99. The highest BCUT2D eigenvalue weighted by atomic mass is 28.4. The first kappa shape index (κ1) is 40.6. The normalized spacial score (nSPS) is 13.2. The number of allylic oxidation sites excluding steroid dienone is 1. The van der Waals surface area contributed by atoms with Gasteiger partial charge in [-0.15, -0.1) is 6.58 Å². The van der Waals surface area contributed by atoms with Gasteiger partial charge in [-0.05, 0) is 58.3 Å². The fraction of sp³-hybridized carbons (Fsp3) is 0.312. The van der Waals surface area contributed by atoms with Crippen LogP contribution in [-0.2, 0) is 24.3 Å². The molecular weight excluding hydrogens is 683 g/mol. The molecule has 0 N–H and O–H groups in total. The van der Waals surface area contributed by atoms with Crippen LogP contribution in [0.3, 0.4) is 0 Å². The van der Waals surface area contributed by atoms with Gasteiger partial charge in [-0.1, -0.05) is 178 Å². The molecule has 5 aromatic rings. The average Bonchev–Trinajstić information content (AvgIpc) is 3.18. The van der Waals surface area contributed by atoms with Crippen LogP contribution in [0.5, 0.6) is 0 Å². The molecular formula is C48H57NO4Si. The lowest BCUT2D eigenvalue weighted by Gasteiger charge is -2.45. The first-order valence-corrected chi connectivity index (χ1v) is 21.0. The van der Waals surface area contributed by atoms with E-state index in [1.807, 2.05) is 18.2 Å². The molecule has 5 aromatic carbocycles. The second-order valence-electron chi connectivity index (χ2n) is 15.4. The highest BCUT2D eigenvalue weighted by Crippen LogP contribution is 2.43. The van der Waals surface area contributed by atoms with Crippen LogP contribution in [0.4, 0.5) is 0 Å². The van der Waals surface area contributed by atoms with Crippen molar-refractivity contribution in [3.8, 4) is 0 Å². The molecule has 0 aromatic heterocycles. The Bertz CT molecular complexity index is 1740. The maximum Gasteiger partial charge on any atom is 0.261 e. The third kappa shape index (κ3) is 9.37. The molecule has 0 saturated carbocycles. The maximum atomic E-state index is 13.2. The summed E-state index contributed by atoms with van der Waals surface area (Å²) in [6.07, 6.45) is 1.24. The van der Waals surface area contributed by atoms with Crippen molar-refractivity contribution in [2.45, 2.75) is 69.8 Å². The average molecular weight is 740 g/mol. The van der Waals surface area contributed by atoms with Gasteiger partial charge in [0.15, 0.2) is 0 Å². The lowest BCUT2D eigenvalue weighted by atomic mass is 9.79. The summed E-state index contributed by atoms with van der Waals surface area (Å²) in [5.41, 5.74) is 3.12. The zero-order valence-corrected chi connectivity index (χ0v) is 33.9. The lowest BCUT2D eigenvalue weighted by Crippen LogP contribution is -2.67. The van der Waals surface area contributed by atoms with Crippen LogP contribution in [0.2, 0.25) is 5.04 Å². The predicted molar refractivity (Wildman–Crippen MR) is 225 cm³/mol. The molecule has 6 heteroatoms. The summed E-state index contributed by atoms with van der Waals surface area (Å²) in [6, 6.07) is 52.5. The van der Waals surface area contributed by atoms with Crippen LogP contribution < -0.4 is 10.4 Å². The fourth-order valence-electron chi connectivity index (χ4n) is 7.41. The number of likely N-dealkylation sites (N-methyl/N-ethyl adjacent to an activating group) is 1. The van der Waals surface area contributed by atoms with Crippen molar-refractivity contribution in [3.05, 3.63) is 181 Å². The van der Waals surface area contributed by atoms with Crippen LogP contribution in [0.15, 0.2) is 164 Å². The van der Waals surface area contributed by atoms with E-state index in [9.17, 15) is 4.79 Å². The Morgan fingerprint density at radius 3 is 1.44 bits per heavy atom. The monoisotopic (exact) mass is 739 g/mol. The molecule has 0 saturated heterocycles. The van der Waals surface area contributed by atoms with E-state index >= 15 is 0 Å². The molecule has 54 heavy (non-hydrogen) atoms. The minimum atomic E-state index is -2.98. The maximum absolute atomic E-state index is 13.2. The van der Waals surface area contributed by atoms with Crippen molar-refractivity contribution in [2.24, 2.45) is 0 Å². The summed E-state index contributed by atoms with van der Waals surface area (Å²) in [6.45, 7) is 13.2. The molecule has 5 nitrogen and oxygen atoms in total. The van der Waals surface area contributed by atoms with E-state index in [4.69, 9.17) is 13.9 Å². The largest absolute Gasteiger partial charge is 0.405 e. The number of amides is 1. The molecule has 0 aliphatic heterocycles. The van der Waals surface area contributed by atoms with Crippen LogP contribution >= 0.6 is 0 Å². The Morgan fingerprint density at radius 2 is 1.07 bits per heavy atom. The molecule has 0 bridgehead atoms.